The van der Waals surface area contributed by atoms with Gasteiger partial charge in [-0.05, 0) is 44.1 Å². The zero-order valence-corrected chi connectivity index (χ0v) is 13.0. The first-order chi connectivity index (χ1) is 9.65. The summed E-state index contributed by atoms with van der Waals surface area (Å²) in [5, 5.41) is 0. The average Bonchev–Trinajstić information content (AvgIpc) is 2.76. The highest BCUT2D eigenvalue weighted by Crippen LogP contribution is 2.32. The van der Waals surface area contributed by atoms with E-state index in [1.54, 1.807) is 0 Å². The first kappa shape index (κ1) is 13.9. The van der Waals surface area contributed by atoms with Gasteiger partial charge in [-0.2, -0.15) is 0 Å². The number of carbonyl (C=O) groups excluding carboxylic acids is 1. The largest absolute Gasteiger partial charge is 0.348 e. The molecule has 2 aliphatic carbocycles. The molecule has 2 aliphatic rings. The summed E-state index contributed by atoms with van der Waals surface area (Å²) >= 11 is 0. The van der Waals surface area contributed by atoms with Crippen LogP contribution in [0.5, 0.6) is 0 Å². The van der Waals surface area contributed by atoms with Crippen molar-refractivity contribution >= 4 is 5.78 Å². The second-order valence-electron chi connectivity index (χ2n) is 6.99. The molecule has 0 aromatic carbocycles. The molecule has 1 heterocycles. The minimum absolute atomic E-state index is 0.361. The topological polar surface area (TPSA) is 22.0 Å². The monoisotopic (exact) mass is 273 g/mol. The number of Topliss-reactive ketones (excluding diaryl/α,β-unsaturated/α-hetero) is 1. The highest BCUT2D eigenvalue weighted by Gasteiger charge is 2.23. The van der Waals surface area contributed by atoms with Gasteiger partial charge in [-0.1, -0.05) is 32.6 Å². The Morgan fingerprint density at radius 1 is 1.20 bits per heavy atom. The first-order valence-corrected chi connectivity index (χ1v) is 8.37. The molecule has 0 N–H and O–H groups in total. The van der Waals surface area contributed by atoms with Crippen LogP contribution >= 0.6 is 0 Å². The lowest BCUT2D eigenvalue weighted by atomic mass is 9.81. The number of fused-ring (bicyclic) bond motifs is 1. The number of rotatable bonds is 3. The van der Waals surface area contributed by atoms with E-state index in [0.717, 1.165) is 43.2 Å². The Kier molecular flexibility index (Phi) is 4.00. The van der Waals surface area contributed by atoms with E-state index in [9.17, 15) is 4.79 Å². The number of nitrogens with zero attached hydrogens (tertiary/aromatic N) is 1. The van der Waals surface area contributed by atoms with Crippen molar-refractivity contribution < 1.29 is 4.79 Å². The summed E-state index contributed by atoms with van der Waals surface area (Å²) < 4.78 is 2.43. The Morgan fingerprint density at radius 2 is 1.95 bits per heavy atom. The van der Waals surface area contributed by atoms with Gasteiger partial charge in [-0.25, -0.2) is 0 Å². The van der Waals surface area contributed by atoms with Crippen LogP contribution in [0, 0.1) is 18.8 Å². The molecule has 0 amide bonds. The minimum atomic E-state index is 0.361. The van der Waals surface area contributed by atoms with Gasteiger partial charge in [-0.3, -0.25) is 4.79 Å². The summed E-state index contributed by atoms with van der Waals surface area (Å²) in [7, 11) is 0. The molecule has 110 valence electrons. The van der Waals surface area contributed by atoms with Gasteiger partial charge in [0.2, 0.25) is 0 Å². The van der Waals surface area contributed by atoms with Gasteiger partial charge in [0.1, 0.15) is 0 Å². The molecule has 20 heavy (non-hydrogen) atoms. The molecule has 0 atom stereocenters. The summed E-state index contributed by atoms with van der Waals surface area (Å²) in [5.41, 5.74) is 3.63. The fourth-order valence-electron chi connectivity index (χ4n) is 4.03. The van der Waals surface area contributed by atoms with Gasteiger partial charge >= 0.3 is 0 Å². The summed E-state index contributed by atoms with van der Waals surface area (Å²) in [4.78, 5) is 12.0. The number of hydrogen-bond donors (Lipinski definition) is 0. The van der Waals surface area contributed by atoms with Crippen molar-refractivity contribution in [1.82, 2.24) is 4.57 Å². The quantitative estimate of drug-likeness (QED) is 0.793. The van der Waals surface area contributed by atoms with Crippen molar-refractivity contribution in [2.45, 2.75) is 71.8 Å². The fraction of sp³-hybridized carbons (Fsp3) is 0.722. The van der Waals surface area contributed by atoms with Gasteiger partial charge in [0.05, 0.1) is 0 Å². The maximum Gasteiger partial charge on any atom is 0.164 e. The zero-order chi connectivity index (χ0) is 14.1. The summed E-state index contributed by atoms with van der Waals surface area (Å²) in [5.74, 6) is 2.20. The molecular formula is C18H27NO. The molecule has 1 saturated carbocycles. The Morgan fingerprint density at radius 3 is 2.70 bits per heavy atom. The van der Waals surface area contributed by atoms with Crippen LogP contribution in [-0.4, -0.2) is 10.4 Å². The van der Waals surface area contributed by atoms with Crippen molar-refractivity contribution in [2.75, 3.05) is 0 Å². The van der Waals surface area contributed by atoms with Gasteiger partial charge in [-0.15, -0.1) is 0 Å². The van der Waals surface area contributed by atoms with Crippen molar-refractivity contribution in [2.24, 2.45) is 11.8 Å². The van der Waals surface area contributed by atoms with Crippen LogP contribution in [-0.2, 0) is 13.0 Å². The van der Waals surface area contributed by atoms with Crippen LogP contribution in [0.15, 0.2) is 6.07 Å². The summed E-state index contributed by atoms with van der Waals surface area (Å²) in [6.07, 6.45) is 9.80. The Balaban J connectivity index is 1.67. The lowest BCUT2D eigenvalue weighted by molar-refractivity contribution is 0.0971. The van der Waals surface area contributed by atoms with Crippen LogP contribution in [0.2, 0.25) is 0 Å². The van der Waals surface area contributed by atoms with E-state index in [0.29, 0.717) is 5.78 Å². The molecule has 2 nitrogen and oxygen atoms in total. The fourth-order valence-corrected chi connectivity index (χ4v) is 4.03. The smallest absolute Gasteiger partial charge is 0.164 e. The molecule has 3 rings (SSSR count). The molecule has 0 saturated heterocycles. The number of aryl methyl sites for hydroxylation is 1. The minimum Gasteiger partial charge on any atom is -0.348 e. The van der Waals surface area contributed by atoms with Crippen molar-refractivity contribution in [1.29, 1.82) is 0 Å². The lowest BCUT2D eigenvalue weighted by Crippen LogP contribution is -2.17. The lowest BCUT2D eigenvalue weighted by Gasteiger charge is -2.27. The third kappa shape index (κ3) is 2.70. The standard InChI is InChI=1S/C18H27NO/c1-13-6-8-15(9-7-13)10-11-19-14(2)12-16-17(19)4-3-5-18(16)20/h12-13,15H,3-11H2,1-2H3. The molecule has 0 bridgehead atoms. The van der Waals surface area contributed by atoms with E-state index < -0.39 is 0 Å². The molecule has 0 aliphatic heterocycles. The van der Waals surface area contributed by atoms with Gasteiger partial charge in [0.25, 0.3) is 0 Å². The number of carbonyl (C=O) groups is 1. The molecule has 0 radical (unpaired) electrons. The molecule has 2 heteroatoms. The number of aromatic nitrogens is 1. The van der Waals surface area contributed by atoms with E-state index in [-0.39, 0.29) is 0 Å². The highest BCUT2D eigenvalue weighted by molar-refractivity contribution is 5.98. The van der Waals surface area contributed by atoms with Crippen molar-refractivity contribution in [3.8, 4) is 0 Å². The second-order valence-corrected chi connectivity index (χ2v) is 6.99. The molecule has 1 aromatic rings. The van der Waals surface area contributed by atoms with Gasteiger partial charge in [0.15, 0.2) is 5.78 Å². The third-order valence-corrected chi connectivity index (χ3v) is 5.43. The Bertz CT molecular complexity index is 492. The second kappa shape index (κ2) is 5.75. The van der Waals surface area contributed by atoms with Crippen LogP contribution < -0.4 is 0 Å². The molecule has 1 fully saturated rings. The van der Waals surface area contributed by atoms with Crippen LogP contribution in [0.1, 0.15) is 73.6 Å². The number of hydrogen-bond acceptors (Lipinski definition) is 1. The van der Waals surface area contributed by atoms with Crippen molar-refractivity contribution in [3.05, 3.63) is 23.0 Å². The molecular weight excluding hydrogens is 246 g/mol. The van der Waals surface area contributed by atoms with E-state index in [2.05, 4.69) is 24.5 Å². The van der Waals surface area contributed by atoms with E-state index in [1.807, 2.05) is 0 Å². The number of ketones is 1. The Hall–Kier alpha value is -1.05. The zero-order valence-electron chi connectivity index (χ0n) is 13.0. The van der Waals surface area contributed by atoms with Gasteiger partial charge in [0, 0.05) is 29.9 Å². The van der Waals surface area contributed by atoms with Crippen LogP contribution in [0.3, 0.4) is 0 Å². The molecule has 0 spiro atoms. The summed E-state index contributed by atoms with van der Waals surface area (Å²) in [6, 6.07) is 2.12. The predicted molar refractivity (Wildman–Crippen MR) is 82.2 cm³/mol. The highest BCUT2D eigenvalue weighted by atomic mass is 16.1. The predicted octanol–water partition coefficient (Wildman–Crippen LogP) is 4.53. The van der Waals surface area contributed by atoms with E-state index >= 15 is 0 Å². The van der Waals surface area contributed by atoms with Crippen LogP contribution in [0.25, 0.3) is 0 Å². The maximum absolute atomic E-state index is 12.0. The Labute approximate surface area is 122 Å². The van der Waals surface area contributed by atoms with E-state index in [1.165, 1.54) is 43.5 Å². The normalized spacial score (nSPS) is 26.6. The summed E-state index contributed by atoms with van der Waals surface area (Å²) in [6.45, 7) is 5.66. The van der Waals surface area contributed by atoms with Gasteiger partial charge < -0.3 is 4.57 Å². The SMILES string of the molecule is Cc1cc2c(n1CCC1CCC(C)CC1)CCCC2=O. The third-order valence-electron chi connectivity index (χ3n) is 5.43. The average molecular weight is 273 g/mol. The van der Waals surface area contributed by atoms with E-state index in [4.69, 9.17) is 0 Å². The van der Waals surface area contributed by atoms with Crippen molar-refractivity contribution in [3.63, 3.8) is 0 Å². The first-order valence-electron chi connectivity index (χ1n) is 8.37. The molecule has 1 aromatic heterocycles. The maximum atomic E-state index is 12.0. The molecule has 0 unspecified atom stereocenters. The van der Waals surface area contributed by atoms with Crippen LogP contribution in [0.4, 0.5) is 0 Å².